The highest BCUT2D eigenvalue weighted by molar-refractivity contribution is 5.24. The monoisotopic (exact) mass is 272 g/mol. The molecule has 0 radical (unpaired) electrons. The van der Waals surface area contributed by atoms with E-state index in [4.69, 9.17) is 0 Å². The van der Waals surface area contributed by atoms with Crippen LogP contribution in [-0.4, -0.2) is 14.8 Å². The second-order valence-electron chi connectivity index (χ2n) is 6.31. The number of rotatable bonds is 4. The highest BCUT2D eigenvalue weighted by Crippen LogP contribution is 2.24. The number of aryl methyl sites for hydroxylation is 1. The smallest absolute Gasteiger partial charge is 0.0722 e. The fourth-order valence-electron chi connectivity index (χ4n) is 2.33. The summed E-state index contributed by atoms with van der Waals surface area (Å²) in [4.78, 5) is 4.05. The summed E-state index contributed by atoms with van der Waals surface area (Å²) in [5.74, 6) is 0. The van der Waals surface area contributed by atoms with E-state index in [9.17, 15) is 0 Å². The van der Waals surface area contributed by atoms with Gasteiger partial charge in [-0.05, 0) is 24.6 Å². The zero-order valence-corrected chi connectivity index (χ0v) is 13.0. The van der Waals surface area contributed by atoms with Gasteiger partial charge in [-0.1, -0.05) is 20.8 Å². The van der Waals surface area contributed by atoms with Gasteiger partial charge in [0.25, 0.3) is 0 Å². The quantitative estimate of drug-likeness (QED) is 0.930. The molecule has 0 fully saturated rings. The van der Waals surface area contributed by atoms with E-state index in [-0.39, 0.29) is 5.41 Å². The van der Waals surface area contributed by atoms with Gasteiger partial charge in [-0.25, -0.2) is 0 Å². The van der Waals surface area contributed by atoms with E-state index in [1.165, 1.54) is 11.1 Å². The Balaban J connectivity index is 2.08. The SMILES string of the molecule is CC(NCc1cn(C)nc1C(C)(C)C)c1ccncc1. The fraction of sp³-hybridized carbons (Fsp3) is 0.500. The van der Waals surface area contributed by atoms with E-state index in [0.29, 0.717) is 6.04 Å². The highest BCUT2D eigenvalue weighted by atomic mass is 15.3. The van der Waals surface area contributed by atoms with Gasteiger partial charge in [0.2, 0.25) is 0 Å². The maximum Gasteiger partial charge on any atom is 0.0722 e. The standard InChI is InChI=1S/C16H24N4/c1-12(13-6-8-17-9-7-13)18-10-14-11-20(5)19-15(14)16(2,3)4/h6-9,11-12,18H,10H2,1-5H3. The van der Waals surface area contributed by atoms with Crippen LogP contribution in [0.3, 0.4) is 0 Å². The van der Waals surface area contributed by atoms with Crippen LogP contribution in [-0.2, 0) is 19.0 Å². The lowest BCUT2D eigenvalue weighted by Crippen LogP contribution is -2.21. The molecule has 4 heteroatoms. The molecule has 0 aliphatic carbocycles. The van der Waals surface area contributed by atoms with Gasteiger partial charge in [0.05, 0.1) is 5.69 Å². The van der Waals surface area contributed by atoms with Crippen molar-refractivity contribution < 1.29 is 0 Å². The van der Waals surface area contributed by atoms with Crippen LogP contribution < -0.4 is 5.32 Å². The number of hydrogen-bond acceptors (Lipinski definition) is 3. The predicted molar refractivity (Wildman–Crippen MR) is 81.4 cm³/mol. The van der Waals surface area contributed by atoms with Crippen LogP contribution in [0.5, 0.6) is 0 Å². The molecule has 1 N–H and O–H groups in total. The van der Waals surface area contributed by atoms with Crippen LogP contribution in [0, 0.1) is 0 Å². The van der Waals surface area contributed by atoms with Crippen molar-refractivity contribution >= 4 is 0 Å². The van der Waals surface area contributed by atoms with E-state index >= 15 is 0 Å². The number of aromatic nitrogens is 3. The van der Waals surface area contributed by atoms with Crippen LogP contribution >= 0.6 is 0 Å². The minimum absolute atomic E-state index is 0.0676. The topological polar surface area (TPSA) is 42.7 Å². The van der Waals surface area contributed by atoms with E-state index in [1.807, 2.05) is 36.3 Å². The van der Waals surface area contributed by atoms with Crippen molar-refractivity contribution in [3.05, 3.63) is 47.5 Å². The summed E-state index contributed by atoms with van der Waals surface area (Å²) in [5.41, 5.74) is 3.74. The molecule has 0 aromatic carbocycles. The lowest BCUT2D eigenvalue weighted by Gasteiger charge is -2.19. The van der Waals surface area contributed by atoms with Crippen molar-refractivity contribution in [3.8, 4) is 0 Å². The molecule has 2 rings (SSSR count). The Morgan fingerprint density at radius 1 is 1.25 bits per heavy atom. The summed E-state index contributed by atoms with van der Waals surface area (Å²) >= 11 is 0. The van der Waals surface area contributed by atoms with Crippen LogP contribution in [0.15, 0.2) is 30.7 Å². The third-order valence-corrected chi connectivity index (χ3v) is 3.42. The molecule has 0 spiro atoms. The molecule has 2 aromatic heterocycles. The van der Waals surface area contributed by atoms with Crippen LogP contribution in [0.25, 0.3) is 0 Å². The first-order chi connectivity index (χ1) is 9.38. The van der Waals surface area contributed by atoms with Gasteiger partial charge in [0.1, 0.15) is 0 Å². The van der Waals surface area contributed by atoms with Gasteiger partial charge in [-0.3, -0.25) is 9.67 Å². The summed E-state index contributed by atoms with van der Waals surface area (Å²) in [7, 11) is 1.98. The minimum atomic E-state index is 0.0676. The van der Waals surface area contributed by atoms with Crippen LogP contribution in [0.4, 0.5) is 0 Å². The first-order valence-electron chi connectivity index (χ1n) is 7.04. The van der Waals surface area contributed by atoms with Crippen molar-refractivity contribution in [2.24, 2.45) is 7.05 Å². The average Bonchev–Trinajstić information content (AvgIpc) is 2.78. The molecule has 0 saturated heterocycles. The van der Waals surface area contributed by atoms with Gasteiger partial charge >= 0.3 is 0 Å². The van der Waals surface area contributed by atoms with Gasteiger partial charge < -0.3 is 5.32 Å². The number of nitrogens with one attached hydrogen (secondary N) is 1. The Morgan fingerprint density at radius 2 is 1.90 bits per heavy atom. The predicted octanol–water partition coefficient (Wildman–Crippen LogP) is 2.96. The molecule has 0 amide bonds. The Morgan fingerprint density at radius 3 is 2.50 bits per heavy atom. The van der Waals surface area contributed by atoms with Crippen molar-refractivity contribution in [1.29, 1.82) is 0 Å². The molecular weight excluding hydrogens is 248 g/mol. The number of hydrogen-bond donors (Lipinski definition) is 1. The zero-order valence-electron chi connectivity index (χ0n) is 13.0. The molecule has 108 valence electrons. The Hall–Kier alpha value is -1.68. The molecule has 0 aliphatic heterocycles. The highest BCUT2D eigenvalue weighted by Gasteiger charge is 2.21. The molecule has 4 nitrogen and oxygen atoms in total. The van der Waals surface area contributed by atoms with Gasteiger partial charge in [0, 0.05) is 49.2 Å². The summed E-state index contributed by atoms with van der Waals surface area (Å²) in [5, 5.41) is 8.16. The summed E-state index contributed by atoms with van der Waals surface area (Å²) in [6.45, 7) is 9.59. The molecule has 2 aromatic rings. The third kappa shape index (κ3) is 3.45. The molecule has 20 heavy (non-hydrogen) atoms. The van der Waals surface area contributed by atoms with Crippen molar-refractivity contribution in [2.75, 3.05) is 0 Å². The zero-order chi connectivity index (χ0) is 14.8. The molecule has 2 heterocycles. The van der Waals surface area contributed by atoms with Gasteiger partial charge in [-0.15, -0.1) is 0 Å². The largest absolute Gasteiger partial charge is 0.306 e. The van der Waals surface area contributed by atoms with E-state index in [1.54, 1.807) is 0 Å². The summed E-state index contributed by atoms with van der Waals surface area (Å²) in [6, 6.07) is 4.39. The lowest BCUT2D eigenvalue weighted by atomic mass is 9.89. The van der Waals surface area contributed by atoms with E-state index in [2.05, 4.69) is 49.3 Å². The number of pyridine rings is 1. The summed E-state index contributed by atoms with van der Waals surface area (Å²) < 4.78 is 1.90. The first kappa shape index (κ1) is 14.7. The maximum absolute atomic E-state index is 4.60. The molecule has 0 aliphatic rings. The normalized spacial score (nSPS) is 13.4. The second-order valence-corrected chi connectivity index (χ2v) is 6.31. The van der Waals surface area contributed by atoms with Gasteiger partial charge in [0.15, 0.2) is 0 Å². The van der Waals surface area contributed by atoms with Crippen LogP contribution in [0.1, 0.15) is 50.6 Å². The fourth-order valence-corrected chi connectivity index (χ4v) is 2.33. The number of nitrogens with zero attached hydrogens (tertiary/aromatic N) is 3. The Bertz CT molecular complexity index is 552. The van der Waals surface area contributed by atoms with Crippen molar-refractivity contribution in [2.45, 2.75) is 45.7 Å². The Labute approximate surface area is 121 Å². The summed E-state index contributed by atoms with van der Waals surface area (Å²) in [6.07, 6.45) is 5.77. The molecule has 1 atom stereocenters. The maximum atomic E-state index is 4.60. The van der Waals surface area contributed by atoms with Crippen molar-refractivity contribution in [1.82, 2.24) is 20.1 Å². The lowest BCUT2D eigenvalue weighted by molar-refractivity contribution is 0.531. The molecule has 0 bridgehead atoms. The van der Waals surface area contributed by atoms with Crippen LogP contribution in [0.2, 0.25) is 0 Å². The average molecular weight is 272 g/mol. The molecule has 0 saturated carbocycles. The van der Waals surface area contributed by atoms with Gasteiger partial charge in [-0.2, -0.15) is 5.10 Å². The van der Waals surface area contributed by atoms with E-state index in [0.717, 1.165) is 12.2 Å². The second kappa shape index (κ2) is 5.75. The van der Waals surface area contributed by atoms with E-state index < -0.39 is 0 Å². The molecule has 1 unspecified atom stereocenters. The Kier molecular flexibility index (Phi) is 4.23. The molecular formula is C16H24N4. The third-order valence-electron chi connectivity index (χ3n) is 3.42. The minimum Gasteiger partial charge on any atom is -0.306 e. The first-order valence-corrected chi connectivity index (χ1v) is 7.04. The van der Waals surface area contributed by atoms with Crippen molar-refractivity contribution in [3.63, 3.8) is 0 Å².